The lowest BCUT2D eigenvalue weighted by molar-refractivity contribution is -0.122. The molecule has 1 aromatic rings. The SMILES string of the molecule is CNC(=O)c1ccc(CNC(=O)[C@H](C)N)cc1.Cl. The summed E-state index contributed by atoms with van der Waals surface area (Å²) in [6.45, 7) is 2.04. The Morgan fingerprint density at radius 2 is 1.83 bits per heavy atom. The van der Waals surface area contributed by atoms with Gasteiger partial charge in [0.15, 0.2) is 0 Å². The van der Waals surface area contributed by atoms with Crippen LogP contribution in [0.15, 0.2) is 24.3 Å². The summed E-state index contributed by atoms with van der Waals surface area (Å²) >= 11 is 0. The zero-order valence-corrected chi connectivity index (χ0v) is 11.2. The molecule has 6 heteroatoms. The number of carbonyl (C=O) groups excluding carboxylic acids is 2. The van der Waals surface area contributed by atoms with Crippen LogP contribution in [0.1, 0.15) is 22.8 Å². The molecule has 0 aromatic heterocycles. The van der Waals surface area contributed by atoms with Crippen molar-refractivity contribution in [2.24, 2.45) is 5.73 Å². The van der Waals surface area contributed by atoms with Crippen molar-refractivity contribution in [2.45, 2.75) is 19.5 Å². The number of hydrogen-bond acceptors (Lipinski definition) is 3. The van der Waals surface area contributed by atoms with Gasteiger partial charge in [-0.05, 0) is 24.6 Å². The molecule has 0 fully saturated rings. The molecule has 0 heterocycles. The van der Waals surface area contributed by atoms with E-state index in [4.69, 9.17) is 5.73 Å². The summed E-state index contributed by atoms with van der Waals surface area (Å²) in [5.41, 5.74) is 6.93. The van der Waals surface area contributed by atoms with Gasteiger partial charge < -0.3 is 16.4 Å². The number of benzene rings is 1. The Hall–Kier alpha value is -1.59. The lowest BCUT2D eigenvalue weighted by atomic mass is 10.1. The maximum Gasteiger partial charge on any atom is 0.251 e. The molecular weight excluding hydrogens is 254 g/mol. The number of carbonyl (C=O) groups is 2. The molecule has 0 radical (unpaired) electrons. The van der Waals surface area contributed by atoms with Gasteiger partial charge in [0, 0.05) is 19.2 Å². The van der Waals surface area contributed by atoms with Gasteiger partial charge in [0.25, 0.3) is 5.91 Å². The van der Waals surface area contributed by atoms with Crippen molar-refractivity contribution in [3.8, 4) is 0 Å². The molecule has 2 amide bonds. The molecule has 0 spiro atoms. The fourth-order valence-electron chi connectivity index (χ4n) is 1.27. The Morgan fingerprint density at radius 3 is 2.28 bits per heavy atom. The predicted molar refractivity (Wildman–Crippen MR) is 72.6 cm³/mol. The second-order valence-corrected chi connectivity index (χ2v) is 3.78. The number of nitrogens with two attached hydrogens (primary N) is 1. The molecular formula is C12H18ClN3O2. The fourth-order valence-corrected chi connectivity index (χ4v) is 1.27. The van der Waals surface area contributed by atoms with E-state index >= 15 is 0 Å². The summed E-state index contributed by atoms with van der Waals surface area (Å²) < 4.78 is 0. The quantitative estimate of drug-likeness (QED) is 0.743. The Labute approximate surface area is 113 Å². The van der Waals surface area contributed by atoms with E-state index in [1.165, 1.54) is 0 Å². The van der Waals surface area contributed by atoms with Crippen molar-refractivity contribution in [3.63, 3.8) is 0 Å². The van der Waals surface area contributed by atoms with Crippen LogP contribution in [0.4, 0.5) is 0 Å². The summed E-state index contributed by atoms with van der Waals surface area (Å²) in [5, 5.41) is 5.24. The van der Waals surface area contributed by atoms with Crippen molar-refractivity contribution < 1.29 is 9.59 Å². The van der Waals surface area contributed by atoms with E-state index in [0.29, 0.717) is 12.1 Å². The lowest BCUT2D eigenvalue weighted by Gasteiger charge is -2.08. The van der Waals surface area contributed by atoms with Gasteiger partial charge >= 0.3 is 0 Å². The van der Waals surface area contributed by atoms with Crippen molar-refractivity contribution in [3.05, 3.63) is 35.4 Å². The monoisotopic (exact) mass is 271 g/mol. The standard InChI is InChI=1S/C12H17N3O2.ClH/c1-8(13)11(16)15-7-9-3-5-10(6-4-9)12(17)14-2;/h3-6,8H,7,13H2,1-2H3,(H,14,17)(H,15,16);1H/t8-;/m0./s1. The molecule has 0 aliphatic carbocycles. The third kappa shape index (κ3) is 4.73. The molecule has 100 valence electrons. The maximum atomic E-state index is 11.3. The van der Waals surface area contributed by atoms with Gasteiger partial charge in [0.1, 0.15) is 0 Å². The van der Waals surface area contributed by atoms with Gasteiger partial charge in [-0.3, -0.25) is 9.59 Å². The third-order valence-electron chi connectivity index (χ3n) is 2.32. The molecule has 1 atom stereocenters. The van der Waals surface area contributed by atoms with Crippen LogP contribution in [0.25, 0.3) is 0 Å². The fraction of sp³-hybridized carbons (Fsp3) is 0.333. The zero-order valence-electron chi connectivity index (χ0n) is 10.4. The van der Waals surface area contributed by atoms with E-state index in [-0.39, 0.29) is 24.2 Å². The highest BCUT2D eigenvalue weighted by molar-refractivity contribution is 5.93. The van der Waals surface area contributed by atoms with Gasteiger partial charge in [0.2, 0.25) is 5.91 Å². The van der Waals surface area contributed by atoms with Gasteiger partial charge in [-0.1, -0.05) is 12.1 Å². The van der Waals surface area contributed by atoms with Crippen molar-refractivity contribution >= 4 is 24.2 Å². The minimum atomic E-state index is -0.514. The van der Waals surface area contributed by atoms with Crippen LogP contribution in [0.3, 0.4) is 0 Å². The summed E-state index contributed by atoms with van der Waals surface area (Å²) in [6, 6.07) is 6.51. The summed E-state index contributed by atoms with van der Waals surface area (Å²) in [4.78, 5) is 22.5. The highest BCUT2D eigenvalue weighted by atomic mass is 35.5. The number of amides is 2. The van der Waals surface area contributed by atoms with Crippen molar-refractivity contribution in [1.29, 1.82) is 0 Å². The largest absolute Gasteiger partial charge is 0.355 e. The average molecular weight is 272 g/mol. The van der Waals surface area contributed by atoms with E-state index < -0.39 is 6.04 Å². The van der Waals surface area contributed by atoms with E-state index in [2.05, 4.69) is 10.6 Å². The third-order valence-corrected chi connectivity index (χ3v) is 2.32. The first-order valence-corrected chi connectivity index (χ1v) is 5.39. The minimum Gasteiger partial charge on any atom is -0.355 e. The maximum absolute atomic E-state index is 11.3. The first-order valence-electron chi connectivity index (χ1n) is 5.39. The topological polar surface area (TPSA) is 84.2 Å². The van der Waals surface area contributed by atoms with Crippen LogP contribution in [0, 0.1) is 0 Å². The molecule has 0 aliphatic rings. The molecule has 5 nitrogen and oxygen atoms in total. The number of halogens is 1. The normalized spacial score (nSPS) is 11.1. The smallest absolute Gasteiger partial charge is 0.251 e. The molecule has 1 rings (SSSR count). The van der Waals surface area contributed by atoms with E-state index in [1.807, 2.05) is 0 Å². The Bertz CT molecular complexity index is 404. The summed E-state index contributed by atoms with van der Waals surface area (Å²) in [5.74, 6) is -0.323. The van der Waals surface area contributed by atoms with E-state index in [9.17, 15) is 9.59 Å². The van der Waals surface area contributed by atoms with E-state index in [1.54, 1.807) is 38.2 Å². The average Bonchev–Trinajstić information content (AvgIpc) is 2.35. The summed E-state index contributed by atoms with van der Waals surface area (Å²) in [6.07, 6.45) is 0. The van der Waals surface area contributed by atoms with Gasteiger partial charge in [-0.2, -0.15) is 0 Å². The second kappa shape index (κ2) is 7.68. The Kier molecular flexibility index (Phi) is 7.00. The van der Waals surface area contributed by atoms with Gasteiger partial charge in [-0.25, -0.2) is 0 Å². The zero-order chi connectivity index (χ0) is 12.8. The molecule has 1 aromatic carbocycles. The molecule has 0 unspecified atom stereocenters. The molecule has 0 aliphatic heterocycles. The number of nitrogens with one attached hydrogen (secondary N) is 2. The Morgan fingerprint density at radius 1 is 1.28 bits per heavy atom. The molecule has 0 bridgehead atoms. The van der Waals surface area contributed by atoms with Gasteiger partial charge in [0.05, 0.1) is 6.04 Å². The van der Waals surface area contributed by atoms with Gasteiger partial charge in [-0.15, -0.1) is 12.4 Å². The van der Waals surface area contributed by atoms with Crippen LogP contribution in [-0.2, 0) is 11.3 Å². The summed E-state index contributed by atoms with van der Waals surface area (Å²) in [7, 11) is 1.58. The lowest BCUT2D eigenvalue weighted by Crippen LogP contribution is -2.37. The highest BCUT2D eigenvalue weighted by Crippen LogP contribution is 2.04. The molecule has 0 saturated carbocycles. The van der Waals surface area contributed by atoms with Crippen LogP contribution >= 0.6 is 12.4 Å². The molecule has 18 heavy (non-hydrogen) atoms. The van der Waals surface area contributed by atoms with Crippen molar-refractivity contribution in [2.75, 3.05) is 7.05 Å². The minimum absolute atomic E-state index is 0. The molecule has 0 saturated heterocycles. The van der Waals surface area contributed by atoms with Crippen LogP contribution < -0.4 is 16.4 Å². The van der Waals surface area contributed by atoms with Crippen LogP contribution in [0.5, 0.6) is 0 Å². The molecule has 4 N–H and O–H groups in total. The predicted octanol–water partition coefficient (Wildman–Crippen LogP) is 0.431. The Balaban J connectivity index is 0.00000289. The van der Waals surface area contributed by atoms with E-state index in [0.717, 1.165) is 5.56 Å². The van der Waals surface area contributed by atoms with Crippen molar-refractivity contribution in [1.82, 2.24) is 10.6 Å². The highest BCUT2D eigenvalue weighted by Gasteiger charge is 2.06. The second-order valence-electron chi connectivity index (χ2n) is 3.78. The number of hydrogen-bond donors (Lipinski definition) is 3. The first kappa shape index (κ1) is 16.4. The first-order chi connectivity index (χ1) is 8.04. The number of rotatable bonds is 4. The van der Waals surface area contributed by atoms with Crippen LogP contribution in [-0.4, -0.2) is 24.9 Å². The van der Waals surface area contributed by atoms with Crippen LogP contribution in [0.2, 0.25) is 0 Å².